The summed E-state index contributed by atoms with van der Waals surface area (Å²) in [5.41, 5.74) is 1.23. The van der Waals surface area contributed by atoms with Crippen molar-refractivity contribution in [1.82, 2.24) is 0 Å². The quantitative estimate of drug-likeness (QED) is 0.0916. The molecular weight excluding hydrogens is 684 g/mol. The number of carbonyl (C=O) groups is 2. The second kappa shape index (κ2) is 36.0. The first-order chi connectivity index (χ1) is 26.0. The average Bonchev–Trinajstić information content (AvgIpc) is 3.17. The minimum absolute atomic E-state index is 0.206. The van der Waals surface area contributed by atoms with E-state index in [9.17, 15) is 19.8 Å². The van der Waals surface area contributed by atoms with Gasteiger partial charge in [-0.25, -0.2) is 9.59 Å². The molecule has 0 aliphatic carbocycles. The van der Waals surface area contributed by atoms with Crippen molar-refractivity contribution >= 4 is 24.1 Å². The number of hydrogen-bond acceptors (Lipinski definition) is 6. The van der Waals surface area contributed by atoms with E-state index in [0.717, 1.165) is 12.2 Å². The van der Waals surface area contributed by atoms with E-state index in [4.69, 9.17) is 19.7 Å². The zero-order valence-electron chi connectivity index (χ0n) is 34.8. The van der Waals surface area contributed by atoms with Gasteiger partial charge in [-0.2, -0.15) is 0 Å². The summed E-state index contributed by atoms with van der Waals surface area (Å²) < 4.78 is 9.60. The van der Waals surface area contributed by atoms with E-state index in [0.29, 0.717) is 11.1 Å². The maximum absolute atomic E-state index is 11.1. The Labute approximate surface area is 327 Å². The molecule has 10 heteroatoms. The third kappa shape index (κ3) is 29.4. The molecule has 0 aromatic heterocycles. The number of hydrogen-bond donors (Lipinski definition) is 4. The molecule has 0 heterocycles. The third-order valence-electron chi connectivity index (χ3n) is 8.52. The Morgan fingerprint density at radius 1 is 0.537 bits per heavy atom. The van der Waals surface area contributed by atoms with E-state index < -0.39 is 11.9 Å². The first-order valence-corrected chi connectivity index (χ1v) is 20.1. The van der Waals surface area contributed by atoms with Gasteiger partial charge in [0, 0.05) is 12.2 Å². The summed E-state index contributed by atoms with van der Waals surface area (Å²) in [6, 6.07) is 8.71. The second-order valence-corrected chi connectivity index (χ2v) is 13.3. The maximum atomic E-state index is 11.1. The van der Waals surface area contributed by atoms with Gasteiger partial charge in [0.15, 0.2) is 0 Å². The lowest BCUT2D eigenvalue weighted by molar-refractivity contribution is -0.900. The Morgan fingerprint density at radius 2 is 0.796 bits per heavy atom. The van der Waals surface area contributed by atoms with Gasteiger partial charge >= 0.3 is 11.9 Å². The van der Waals surface area contributed by atoms with E-state index in [2.05, 4.69) is 41.5 Å². The minimum Gasteiger partial charge on any atom is -0.870 e. The highest BCUT2D eigenvalue weighted by atomic mass is 16.5. The molecule has 0 saturated carbocycles. The van der Waals surface area contributed by atoms with Gasteiger partial charge in [0.2, 0.25) is 0 Å². The van der Waals surface area contributed by atoms with Crippen molar-refractivity contribution in [2.75, 3.05) is 53.5 Å². The molecule has 10 nitrogen and oxygen atoms in total. The van der Waals surface area contributed by atoms with E-state index in [1.165, 1.54) is 179 Å². The summed E-state index contributed by atoms with van der Waals surface area (Å²) in [6.45, 7) is 22.1. The monoisotopic (exact) mass is 759 g/mol. The van der Waals surface area contributed by atoms with Crippen molar-refractivity contribution in [3.05, 3.63) is 59.7 Å². The molecular formula is C44H74N2O8. The van der Waals surface area contributed by atoms with E-state index >= 15 is 0 Å². The van der Waals surface area contributed by atoms with Crippen molar-refractivity contribution in [2.45, 2.75) is 119 Å². The summed E-state index contributed by atoms with van der Waals surface area (Å²) in [5.74, 6) is -2.10. The van der Waals surface area contributed by atoms with Crippen LogP contribution in [0.25, 0.3) is 12.2 Å². The summed E-state index contributed by atoms with van der Waals surface area (Å²) in [5, 5.41) is 38.9. The predicted octanol–water partition coefficient (Wildman–Crippen LogP) is 6.28. The van der Waals surface area contributed by atoms with E-state index in [1.807, 2.05) is 9.80 Å². The fourth-order valence-corrected chi connectivity index (χ4v) is 5.22. The lowest BCUT2D eigenvalue weighted by atomic mass is 10.2. The van der Waals surface area contributed by atoms with Crippen molar-refractivity contribution in [1.29, 1.82) is 0 Å². The fraction of sp³-hybridized carbons (Fsp3) is 0.591. The first kappa shape index (κ1) is 52.1. The van der Waals surface area contributed by atoms with Gasteiger partial charge in [-0.1, -0.05) is 116 Å². The molecule has 0 atom stereocenters. The molecule has 0 radical (unpaired) electrons. The summed E-state index contributed by atoms with van der Waals surface area (Å²) in [4.78, 5) is 24.1. The number of ether oxygens (including phenoxy) is 2. The molecule has 54 heavy (non-hydrogen) atoms. The number of aliphatic carboxylic acids is 2. The largest absolute Gasteiger partial charge is 0.870 e. The Kier molecular flexibility index (Phi) is 34.7. The third-order valence-corrected chi connectivity index (χ3v) is 8.52. The molecule has 0 aliphatic rings. The normalized spacial score (nSPS) is 10.7. The maximum Gasteiger partial charge on any atom is 0.328 e. The number of methoxy groups -OCH3 is 2. The smallest absolute Gasteiger partial charge is 0.328 e. The number of carboxylic acid groups (broad SMARTS) is 2. The van der Waals surface area contributed by atoms with Crippen LogP contribution in [0.3, 0.4) is 0 Å². The van der Waals surface area contributed by atoms with Crippen molar-refractivity contribution in [3.63, 3.8) is 0 Å². The molecule has 0 bridgehead atoms. The van der Waals surface area contributed by atoms with Crippen molar-refractivity contribution in [2.24, 2.45) is 0 Å². The number of nitrogens with one attached hydrogen (secondary N) is 2. The Hall–Kier alpha value is -4.02. The highest BCUT2D eigenvalue weighted by Crippen LogP contribution is 2.25. The van der Waals surface area contributed by atoms with Gasteiger partial charge in [-0.05, 0) is 73.9 Å². The summed E-state index contributed by atoms with van der Waals surface area (Å²) in [7, 11) is 2.78. The van der Waals surface area contributed by atoms with Gasteiger partial charge in [-0.3, -0.25) is 0 Å². The highest BCUT2D eigenvalue weighted by molar-refractivity contribution is 5.86. The number of unbranched alkanes of at least 4 members (excludes halogenated alkanes) is 6. The van der Waals surface area contributed by atoms with Gasteiger partial charge in [0.25, 0.3) is 0 Å². The molecule has 0 unspecified atom stereocenters. The molecule has 2 aromatic rings. The Bertz CT molecular complexity index is 1150. The zero-order chi connectivity index (χ0) is 41.0. The van der Waals surface area contributed by atoms with Gasteiger partial charge in [-0.15, -0.1) is 0 Å². The second-order valence-electron chi connectivity index (χ2n) is 13.3. The van der Waals surface area contributed by atoms with Crippen LogP contribution in [0, 0.1) is 0 Å². The number of benzene rings is 2. The van der Waals surface area contributed by atoms with Gasteiger partial charge in [0.1, 0.15) is 11.5 Å². The summed E-state index contributed by atoms with van der Waals surface area (Å²) >= 11 is 0. The molecule has 2 rings (SSSR count). The van der Waals surface area contributed by atoms with Crippen LogP contribution in [0.4, 0.5) is 0 Å². The van der Waals surface area contributed by atoms with Crippen LogP contribution in [0.15, 0.2) is 48.6 Å². The SMILES string of the molecule is CCCC[NH+](CCCC)CCCC.CCCC[NH+](CCCC)CCCC.COc1cc(/C=C/C(=O)O)ccc1[O-].COc1cc(/C=C/C(=O)O)ccc1[O-]. The first-order valence-electron chi connectivity index (χ1n) is 20.1. The minimum atomic E-state index is -1.03. The molecule has 0 amide bonds. The lowest BCUT2D eigenvalue weighted by Gasteiger charge is -2.18. The molecule has 4 N–H and O–H groups in total. The molecule has 2 aromatic carbocycles. The molecule has 0 fully saturated rings. The topological polar surface area (TPSA) is 148 Å². The zero-order valence-corrected chi connectivity index (χ0v) is 34.8. The summed E-state index contributed by atoms with van der Waals surface area (Å²) in [6.07, 6.45) is 21.3. The average molecular weight is 759 g/mol. The predicted molar refractivity (Wildman–Crippen MR) is 219 cm³/mol. The van der Waals surface area contributed by atoms with Crippen LogP contribution in [0.2, 0.25) is 0 Å². The molecule has 0 saturated heterocycles. The van der Waals surface area contributed by atoms with Crippen LogP contribution in [0.5, 0.6) is 23.0 Å². The van der Waals surface area contributed by atoms with E-state index in [1.54, 1.807) is 0 Å². The fourth-order valence-electron chi connectivity index (χ4n) is 5.22. The van der Waals surface area contributed by atoms with Crippen LogP contribution < -0.4 is 29.5 Å². The lowest BCUT2D eigenvalue weighted by Crippen LogP contribution is -3.12. The van der Waals surface area contributed by atoms with Crippen LogP contribution in [0.1, 0.15) is 130 Å². The van der Waals surface area contributed by atoms with E-state index in [-0.39, 0.29) is 23.0 Å². The standard InChI is InChI=1S/2C12H27N.2C10H10O4/c2*1-4-7-10-13(11-8-5-2)12-9-6-3;2*1-14-9-6-7(2-4-8(9)11)3-5-10(12)13/h2*4-12H2,1-3H3;2*2-6,11H,1H3,(H,12,13)/b;;2*5-3+. The van der Waals surface area contributed by atoms with Gasteiger partial charge < -0.3 is 39.7 Å². The highest BCUT2D eigenvalue weighted by Gasteiger charge is 2.06. The van der Waals surface area contributed by atoms with Gasteiger partial charge in [0.05, 0.1) is 53.5 Å². The Morgan fingerprint density at radius 3 is 1.00 bits per heavy atom. The molecule has 0 aliphatic heterocycles. The van der Waals surface area contributed by atoms with Crippen LogP contribution in [-0.4, -0.2) is 75.6 Å². The number of carboxylic acids is 2. The number of quaternary nitrogens is 2. The van der Waals surface area contributed by atoms with Crippen molar-refractivity contribution < 1.29 is 49.3 Å². The van der Waals surface area contributed by atoms with Crippen LogP contribution >= 0.6 is 0 Å². The van der Waals surface area contributed by atoms with Crippen LogP contribution in [-0.2, 0) is 9.59 Å². The number of rotatable bonds is 24. The molecule has 308 valence electrons. The molecule has 0 spiro atoms. The van der Waals surface area contributed by atoms with Crippen molar-refractivity contribution in [3.8, 4) is 23.0 Å². The Balaban J connectivity index is 0.